The van der Waals surface area contributed by atoms with Crippen molar-refractivity contribution in [2.24, 2.45) is 0 Å². The molecule has 1 aliphatic rings. The Morgan fingerprint density at radius 2 is 1.42 bits per heavy atom. The number of carbonyl (C=O) groups excluding carboxylic acids is 3. The van der Waals surface area contributed by atoms with Crippen LogP contribution in [0.2, 0.25) is 0 Å². The number of hydrogen-bond acceptors (Lipinski definition) is 9. The molecule has 38 heavy (non-hydrogen) atoms. The Balaban J connectivity index is -0.000000498. The standard InChI is InChI=1S/C11H14O3S.C10H12O3S.C5H10O.Li.2H2O/c1-8(12)10-7-6-9(15-10)4-3-5-11(13)14-2;1-7(11)9-6-5-8(14-9)3-2-4-10(12)13;1-5-3-2-4-6-5;;;/h6-7H,3-5H2,1-2H3;5-6H,2-4H2,1H3,(H,12,13);5H,2-4H2,1H3;;2*1H2/q;;;+1;;/p-1. The van der Waals surface area contributed by atoms with Gasteiger partial charge in [0.15, 0.2) is 11.6 Å². The average molecular weight is 567 g/mol. The zero-order valence-electron chi connectivity index (χ0n) is 22.9. The molecule has 2 aromatic rings. The first kappa shape index (κ1) is 40.7. The molecular formula is C26H39LiO9S2. The minimum absolute atomic E-state index is 0. The number of aryl methyl sites for hydroxylation is 2. The number of carboxylic acids is 1. The molecule has 0 aliphatic carbocycles. The second kappa shape index (κ2) is 23.1. The van der Waals surface area contributed by atoms with E-state index in [2.05, 4.69) is 11.7 Å². The van der Waals surface area contributed by atoms with Crippen molar-refractivity contribution >= 4 is 46.2 Å². The predicted octanol–water partition coefficient (Wildman–Crippen LogP) is 1.99. The molecule has 0 amide bonds. The van der Waals surface area contributed by atoms with Crippen molar-refractivity contribution in [3.05, 3.63) is 43.8 Å². The third kappa shape index (κ3) is 18.4. The molecule has 0 aromatic carbocycles. The molecule has 3 rings (SSSR count). The van der Waals surface area contributed by atoms with Gasteiger partial charge in [0, 0.05) is 29.2 Å². The molecule has 1 fully saturated rings. The number of ether oxygens (including phenoxy) is 2. The molecule has 0 radical (unpaired) electrons. The maximum atomic E-state index is 11.0. The van der Waals surface area contributed by atoms with Crippen LogP contribution in [0.15, 0.2) is 24.3 Å². The van der Waals surface area contributed by atoms with E-state index in [9.17, 15) is 19.2 Å². The molecule has 12 heteroatoms. The van der Waals surface area contributed by atoms with Crippen molar-refractivity contribution < 1.29 is 63.6 Å². The number of ketones is 2. The summed E-state index contributed by atoms with van der Waals surface area (Å²) in [5.74, 6) is -0.787. The normalized spacial score (nSPS) is 13.1. The third-order valence-corrected chi connectivity index (χ3v) is 7.51. The molecule has 3 heterocycles. The first-order valence-electron chi connectivity index (χ1n) is 11.7. The van der Waals surface area contributed by atoms with E-state index >= 15 is 0 Å². The maximum Gasteiger partial charge on any atom is 1.00 e. The third-order valence-electron chi connectivity index (χ3n) is 5.02. The molecule has 1 saturated heterocycles. The minimum atomic E-state index is -0.770. The monoisotopic (exact) mass is 566 g/mol. The summed E-state index contributed by atoms with van der Waals surface area (Å²) >= 11 is 2.95. The van der Waals surface area contributed by atoms with Gasteiger partial charge in [-0.3, -0.25) is 19.2 Å². The van der Waals surface area contributed by atoms with Crippen LogP contribution in [0.25, 0.3) is 0 Å². The number of rotatable bonds is 10. The van der Waals surface area contributed by atoms with Gasteiger partial charge in [-0.1, -0.05) is 0 Å². The second-order valence-corrected chi connectivity index (χ2v) is 10.5. The Morgan fingerprint density at radius 1 is 0.947 bits per heavy atom. The first-order valence-corrected chi connectivity index (χ1v) is 13.3. The van der Waals surface area contributed by atoms with Crippen LogP contribution in [0, 0.1) is 0 Å². The van der Waals surface area contributed by atoms with Crippen LogP contribution in [0.4, 0.5) is 0 Å². The van der Waals surface area contributed by atoms with E-state index in [1.807, 2.05) is 18.2 Å². The summed E-state index contributed by atoms with van der Waals surface area (Å²) < 4.78 is 9.69. The van der Waals surface area contributed by atoms with E-state index in [0.29, 0.717) is 18.9 Å². The van der Waals surface area contributed by atoms with Crippen molar-refractivity contribution in [1.29, 1.82) is 0 Å². The van der Waals surface area contributed by atoms with E-state index in [1.165, 1.54) is 49.5 Å². The number of aliphatic carboxylic acids is 1. The number of thiophene rings is 2. The van der Waals surface area contributed by atoms with Crippen molar-refractivity contribution in [3.8, 4) is 0 Å². The van der Waals surface area contributed by atoms with Crippen LogP contribution < -0.4 is 18.9 Å². The number of carbonyl (C=O) groups is 4. The van der Waals surface area contributed by atoms with Gasteiger partial charge in [0.2, 0.25) is 0 Å². The molecule has 0 spiro atoms. The van der Waals surface area contributed by atoms with E-state index in [0.717, 1.165) is 45.4 Å². The predicted molar refractivity (Wildman–Crippen MR) is 144 cm³/mol. The largest absolute Gasteiger partial charge is 1.00 e. The van der Waals surface area contributed by atoms with Gasteiger partial charge < -0.3 is 25.5 Å². The summed E-state index contributed by atoms with van der Waals surface area (Å²) in [6, 6.07) is 7.46. The second-order valence-electron chi connectivity index (χ2n) is 8.14. The molecule has 210 valence electrons. The van der Waals surface area contributed by atoms with Gasteiger partial charge in [0.05, 0.1) is 23.0 Å². The SMILES string of the molecule is CC(=O)c1ccc(CCCC(=O)O)s1.CC1CCCO1.COC(=O)CCCc1ccc(C(C)=O)s1.O.[Li+].[OH-]. The number of carboxylic acid groups (broad SMARTS) is 1. The molecule has 1 atom stereocenters. The van der Waals surface area contributed by atoms with Gasteiger partial charge in [-0.2, -0.15) is 0 Å². The van der Waals surface area contributed by atoms with Crippen molar-refractivity contribution in [3.63, 3.8) is 0 Å². The Kier molecular flexibility index (Phi) is 24.7. The van der Waals surface area contributed by atoms with Crippen LogP contribution in [-0.2, 0) is 31.9 Å². The van der Waals surface area contributed by atoms with Gasteiger partial charge in [-0.25, -0.2) is 0 Å². The smallest absolute Gasteiger partial charge is 0.870 e. The molecule has 4 N–H and O–H groups in total. The average Bonchev–Trinajstić information content (AvgIpc) is 3.56. The van der Waals surface area contributed by atoms with Gasteiger partial charge in [0.25, 0.3) is 0 Å². The molecule has 0 bridgehead atoms. The van der Waals surface area contributed by atoms with Crippen molar-refractivity contribution in [2.75, 3.05) is 13.7 Å². The molecule has 1 unspecified atom stereocenters. The first-order chi connectivity index (χ1) is 16.6. The summed E-state index contributed by atoms with van der Waals surface area (Å²) in [4.78, 5) is 46.8. The van der Waals surface area contributed by atoms with E-state index in [1.54, 1.807) is 13.0 Å². The number of Topliss-reactive ketones (excluding diaryl/α,β-unsaturated/α-hetero) is 2. The van der Waals surface area contributed by atoms with E-state index in [-0.39, 0.29) is 53.8 Å². The Bertz CT molecular complexity index is 950. The maximum absolute atomic E-state index is 11.0. The topological polar surface area (TPSA) is 168 Å². The fourth-order valence-electron chi connectivity index (χ4n) is 3.06. The summed E-state index contributed by atoms with van der Waals surface area (Å²) in [5, 5.41) is 8.43. The van der Waals surface area contributed by atoms with Crippen LogP contribution in [0.1, 0.15) is 88.4 Å². The van der Waals surface area contributed by atoms with Gasteiger partial charge >= 0.3 is 30.8 Å². The van der Waals surface area contributed by atoms with E-state index < -0.39 is 5.97 Å². The molecule has 9 nitrogen and oxygen atoms in total. The fraction of sp³-hybridized carbons (Fsp3) is 0.538. The Labute approximate surface area is 244 Å². The van der Waals surface area contributed by atoms with Gasteiger partial charge in [0.1, 0.15) is 0 Å². The van der Waals surface area contributed by atoms with Crippen molar-refractivity contribution in [1.82, 2.24) is 0 Å². The zero-order chi connectivity index (χ0) is 26.2. The number of hydrogen-bond donors (Lipinski definition) is 1. The summed E-state index contributed by atoms with van der Waals surface area (Å²) in [6.07, 6.45) is 6.66. The zero-order valence-corrected chi connectivity index (χ0v) is 24.5. The quantitative estimate of drug-likeness (QED) is 0.259. The molecule has 0 saturated carbocycles. The summed E-state index contributed by atoms with van der Waals surface area (Å²) in [5.41, 5.74) is 0. The van der Waals surface area contributed by atoms with Crippen LogP contribution >= 0.6 is 22.7 Å². The molecule has 2 aromatic heterocycles. The molecular weight excluding hydrogens is 527 g/mol. The summed E-state index contributed by atoms with van der Waals surface area (Å²) in [7, 11) is 1.39. The Hall–Kier alpha value is -1.84. The minimum Gasteiger partial charge on any atom is -0.870 e. The summed E-state index contributed by atoms with van der Waals surface area (Å²) in [6.45, 7) is 6.20. The van der Waals surface area contributed by atoms with Gasteiger partial charge in [-0.05, 0) is 83.6 Å². The van der Waals surface area contributed by atoms with Crippen LogP contribution in [0.3, 0.4) is 0 Å². The Morgan fingerprint density at radius 3 is 1.71 bits per heavy atom. The van der Waals surface area contributed by atoms with Crippen LogP contribution in [-0.4, -0.2) is 59.4 Å². The van der Waals surface area contributed by atoms with Gasteiger partial charge in [-0.15, -0.1) is 22.7 Å². The van der Waals surface area contributed by atoms with Crippen LogP contribution in [0.5, 0.6) is 0 Å². The fourth-order valence-corrected chi connectivity index (χ4v) is 4.95. The van der Waals surface area contributed by atoms with Crippen molar-refractivity contribution in [2.45, 2.75) is 78.2 Å². The number of methoxy groups -OCH3 is 1. The number of esters is 1. The molecule has 1 aliphatic heterocycles. The van der Waals surface area contributed by atoms with E-state index in [4.69, 9.17) is 9.84 Å².